The summed E-state index contributed by atoms with van der Waals surface area (Å²) in [5.41, 5.74) is 1.45. The summed E-state index contributed by atoms with van der Waals surface area (Å²) in [6.45, 7) is 2.28. The zero-order valence-corrected chi connectivity index (χ0v) is 15.4. The number of nitrogens with zero attached hydrogens (tertiary/aromatic N) is 4. The number of ether oxygens (including phenoxy) is 1. The van der Waals surface area contributed by atoms with Gasteiger partial charge in [0.25, 0.3) is 5.56 Å². The minimum Gasteiger partial charge on any atom is -0.497 e. The molecule has 0 fully saturated rings. The Morgan fingerprint density at radius 3 is 2.85 bits per heavy atom. The number of nitrogens with one attached hydrogen (secondary N) is 1. The highest BCUT2D eigenvalue weighted by Gasteiger charge is 2.14. The van der Waals surface area contributed by atoms with Gasteiger partial charge in [0.1, 0.15) is 27.9 Å². The van der Waals surface area contributed by atoms with E-state index in [0.717, 1.165) is 22.5 Å². The van der Waals surface area contributed by atoms with E-state index < -0.39 is 0 Å². The Morgan fingerprint density at radius 1 is 1.19 bits per heavy atom. The van der Waals surface area contributed by atoms with Crippen LogP contribution in [0.25, 0.3) is 21.1 Å². The van der Waals surface area contributed by atoms with E-state index in [2.05, 4.69) is 19.9 Å². The second-order valence-corrected chi connectivity index (χ2v) is 6.90. The fraction of sp³-hybridized carbons (Fsp3) is 0.222. The van der Waals surface area contributed by atoms with Gasteiger partial charge in [-0.2, -0.15) is 0 Å². The van der Waals surface area contributed by atoms with Crippen molar-refractivity contribution >= 4 is 38.3 Å². The lowest BCUT2D eigenvalue weighted by molar-refractivity contribution is 0.415. The van der Waals surface area contributed by atoms with Crippen LogP contribution in [-0.2, 0) is 6.54 Å². The van der Waals surface area contributed by atoms with Crippen molar-refractivity contribution < 1.29 is 4.74 Å². The fourth-order valence-electron chi connectivity index (χ4n) is 2.92. The van der Waals surface area contributed by atoms with Crippen LogP contribution in [0.4, 0.5) is 5.82 Å². The molecule has 4 aromatic rings. The van der Waals surface area contributed by atoms with Crippen molar-refractivity contribution in [1.29, 1.82) is 0 Å². The molecule has 1 aromatic carbocycles. The van der Waals surface area contributed by atoms with E-state index in [9.17, 15) is 4.79 Å². The first-order valence-corrected chi connectivity index (χ1v) is 8.93. The van der Waals surface area contributed by atoms with Crippen molar-refractivity contribution in [2.75, 3.05) is 19.1 Å². The number of anilines is 1. The smallest absolute Gasteiger partial charge is 0.268 e. The molecule has 0 amide bonds. The van der Waals surface area contributed by atoms with Crippen LogP contribution in [0.15, 0.2) is 34.4 Å². The van der Waals surface area contributed by atoms with Crippen molar-refractivity contribution in [2.24, 2.45) is 0 Å². The van der Waals surface area contributed by atoms with Crippen molar-refractivity contribution in [3.8, 4) is 5.75 Å². The van der Waals surface area contributed by atoms with Crippen LogP contribution in [0.5, 0.6) is 5.75 Å². The summed E-state index contributed by atoms with van der Waals surface area (Å²) in [5.74, 6) is 2.78. The summed E-state index contributed by atoms with van der Waals surface area (Å²) in [6.07, 6.45) is 0. The van der Waals surface area contributed by atoms with Crippen LogP contribution in [0, 0.1) is 6.92 Å². The molecule has 0 radical (unpaired) electrons. The summed E-state index contributed by atoms with van der Waals surface area (Å²) >= 11 is 1.39. The fourth-order valence-corrected chi connectivity index (χ4v) is 3.64. The predicted molar refractivity (Wildman–Crippen MR) is 103 cm³/mol. The van der Waals surface area contributed by atoms with Gasteiger partial charge in [0.15, 0.2) is 0 Å². The normalized spacial score (nSPS) is 11.2. The molecule has 0 saturated heterocycles. The molecule has 0 saturated carbocycles. The maximum Gasteiger partial charge on any atom is 0.268 e. The first-order chi connectivity index (χ1) is 12.5. The third-order valence-electron chi connectivity index (χ3n) is 4.11. The van der Waals surface area contributed by atoms with Crippen LogP contribution in [0.3, 0.4) is 0 Å². The van der Waals surface area contributed by atoms with Gasteiger partial charge in [-0.15, -0.1) is 11.3 Å². The average molecular weight is 367 g/mol. The Morgan fingerprint density at radius 2 is 2.04 bits per heavy atom. The van der Waals surface area contributed by atoms with Crippen molar-refractivity contribution in [3.63, 3.8) is 0 Å². The molecule has 0 bridgehead atoms. The monoisotopic (exact) mass is 367 g/mol. The highest BCUT2D eigenvalue weighted by Crippen LogP contribution is 2.27. The Kier molecular flexibility index (Phi) is 4.04. The van der Waals surface area contributed by atoms with Gasteiger partial charge >= 0.3 is 0 Å². The van der Waals surface area contributed by atoms with Gasteiger partial charge in [0.2, 0.25) is 0 Å². The van der Waals surface area contributed by atoms with Gasteiger partial charge in [0, 0.05) is 12.4 Å². The maximum absolute atomic E-state index is 12.2. The number of aromatic amines is 1. The number of methoxy groups -OCH3 is 1. The minimum atomic E-state index is -0.112. The average Bonchev–Trinajstić information content (AvgIpc) is 3.09. The van der Waals surface area contributed by atoms with E-state index in [4.69, 9.17) is 4.74 Å². The van der Waals surface area contributed by atoms with Gasteiger partial charge in [-0.1, -0.05) is 0 Å². The van der Waals surface area contributed by atoms with Gasteiger partial charge in [-0.3, -0.25) is 4.79 Å². The lowest BCUT2D eigenvalue weighted by Crippen LogP contribution is -2.22. The lowest BCUT2D eigenvalue weighted by atomic mass is 10.2. The number of hydrogen-bond acceptors (Lipinski definition) is 7. The number of aryl methyl sites for hydroxylation is 1. The second-order valence-electron chi connectivity index (χ2n) is 5.98. The van der Waals surface area contributed by atoms with Crippen LogP contribution in [0.1, 0.15) is 11.6 Å². The molecular formula is C18H17N5O2S. The molecule has 4 rings (SSSR count). The first kappa shape index (κ1) is 16.5. The molecule has 0 aliphatic heterocycles. The molecule has 8 heteroatoms. The number of benzene rings is 1. The molecular weight excluding hydrogens is 350 g/mol. The zero-order valence-electron chi connectivity index (χ0n) is 14.6. The number of rotatable bonds is 4. The van der Waals surface area contributed by atoms with Gasteiger partial charge in [-0.25, -0.2) is 15.0 Å². The Hall–Kier alpha value is -3.00. The van der Waals surface area contributed by atoms with E-state index in [0.29, 0.717) is 28.4 Å². The molecule has 0 spiro atoms. The molecule has 26 heavy (non-hydrogen) atoms. The van der Waals surface area contributed by atoms with Crippen molar-refractivity contribution in [2.45, 2.75) is 13.5 Å². The number of aromatic nitrogens is 4. The van der Waals surface area contributed by atoms with Crippen LogP contribution >= 0.6 is 11.3 Å². The standard InChI is InChI=1S/C18H17N5O2S/c1-10-19-13-5-4-11(25-3)8-12(13)17(20-10)23(2)9-15-21-14-6-7-26-16(14)18(24)22-15/h4-8H,9H2,1-3H3,(H,21,22,24). The molecule has 3 aromatic heterocycles. The maximum atomic E-state index is 12.2. The molecule has 132 valence electrons. The Labute approximate surface area is 153 Å². The molecule has 0 aliphatic carbocycles. The number of thiophene rings is 1. The van der Waals surface area contributed by atoms with Gasteiger partial charge in [-0.05, 0) is 36.6 Å². The van der Waals surface area contributed by atoms with Crippen LogP contribution in [0.2, 0.25) is 0 Å². The third kappa shape index (κ3) is 2.88. The Balaban J connectivity index is 1.77. The van der Waals surface area contributed by atoms with Gasteiger partial charge < -0.3 is 14.6 Å². The highest BCUT2D eigenvalue weighted by atomic mass is 32.1. The lowest BCUT2D eigenvalue weighted by Gasteiger charge is -2.20. The molecule has 0 aliphatic rings. The van der Waals surface area contributed by atoms with Crippen molar-refractivity contribution in [1.82, 2.24) is 19.9 Å². The molecule has 7 nitrogen and oxygen atoms in total. The first-order valence-electron chi connectivity index (χ1n) is 8.05. The Bertz CT molecular complexity index is 1170. The number of fused-ring (bicyclic) bond motifs is 2. The van der Waals surface area contributed by atoms with E-state index in [-0.39, 0.29) is 5.56 Å². The van der Waals surface area contributed by atoms with Crippen LogP contribution in [-0.4, -0.2) is 34.1 Å². The van der Waals surface area contributed by atoms with E-state index >= 15 is 0 Å². The van der Waals surface area contributed by atoms with Crippen LogP contribution < -0.4 is 15.2 Å². The molecule has 1 N–H and O–H groups in total. The third-order valence-corrected chi connectivity index (χ3v) is 5.01. The summed E-state index contributed by atoms with van der Waals surface area (Å²) in [4.78, 5) is 30.6. The molecule has 0 unspecified atom stereocenters. The molecule has 3 heterocycles. The SMILES string of the molecule is COc1ccc2nc(C)nc(N(C)Cc3nc4ccsc4c(=O)[nH]3)c2c1. The summed E-state index contributed by atoms with van der Waals surface area (Å²) in [7, 11) is 3.54. The number of H-pyrrole nitrogens is 1. The van der Waals surface area contributed by atoms with E-state index in [1.54, 1.807) is 7.11 Å². The van der Waals surface area contributed by atoms with E-state index in [1.165, 1.54) is 11.3 Å². The summed E-state index contributed by atoms with van der Waals surface area (Å²) in [6, 6.07) is 7.56. The van der Waals surface area contributed by atoms with Gasteiger partial charge in [0.05, 0.1) is 24.7 Å². The van der Waals surface area contributed by atoms with E-state index in [1.807, 2.05) is 48.5 Å². The highest BCUT2D eigenvalue weighted by molar-refractivity contribution is 7.17. The zero-order chi connectivity index (χ0) is 18.3. The predicted octanol–water partition coefficient (Wildman–Crippen LogP) is 2.88. The van der Waals surface area contributed by atoms with Crippen molar-refractivity contribution in [3.05, 3.63) is 51.6 Å². The molecule has 0 atom stereocenters. The second kappa shape index (κ2) is 6.38. The summed E-state index contributed by atoms with van der Waals surface area (Å²) < 4.78 is 5.97. The summed E-state index contributed by atoms with van der Waals surface area (Å²) in [5, 5.41) is 2.75. The quantitative estimate of drug-likeness (QED) is 0.597. The number of hydrogen-bond donors (Lipinski definition) is 1. The largest absolute Gasteiger partial charge is 0.497 e. The topological polar surface area (TPSA) is 84.0 Å². The minimum absolute atomic E-state index is 0.112.